The summed E-state index contributed by atoms with van der Waals surface area (Å²) >= 11 is 7.30. The van der Waals surface area contributed by atoms with Crippen LogP contribution in [0, 0.1) is 0 Å². The number of amides is 1. The van der Waals surface area contributed by atoms with E-state index in [9.17, 15) is 9.90 Å². The summed E-state index contributed by atoms with van der Waals surface area (Å²) in [5.74, 6) is -0.187. The van der Waals surface area contributed by atoms with Gasteiger partial charge in [-0.2, -0.15) is 0 Å². The number of aromatic nitrogens is 1. The number of phenols is 1. The zero-order valence-corrected chi connectivity index (χ0v) is 16.7. The van der Waals surface area contributed by atoms with Crippen LogP contribution in [0.2, 0.25) is 5.02 Å². The van der Waals surface area contributed by atoms with Gasteiger partial charge in [-0.25, -0.2) is 4.98 Å². The van der Waals surface area contributed by atoms with Crippen molar-refractivity contribution in [1.82, 2.24) is 9.88 Å². The van der Waals surface area contributed by atoms with Gasteiger partial charge in [0.25, 0.3) is 5.91 Å². The highest BCUT2D eigenvalue weighted by molar-refractivity contribution is 7.13. The Morgan fingerprint density at radius 1 is 1.18 bits per heavy atom. The fourth-order valence-corrected chi connectivity index (χ4v) is 4.66. The van der Waals surface area contributed by atoms with E-state index in [1.54, 1.807) is 12.1 Å². The molecule has 0 unspecified atom stereocenters. The molecule has 5 nitrogen and oxygen atoms in total. The van der Waals surface area contributed by atoms with E-state index in [0.717, 1.165) is 18.5 Å². The van der Waals surface area contributed by atoms with Crippen LogP contribution in [0.5, 0.6) is 5.75 Å². The molecule has 28 heavy (non-hydrogen) atoms. The number of carbonyl (C=O) groups is 1. The molecule has 0 spiro atoms. The highest BCUT2D eigenvalue weighted by Crippen LogP contribution is 2.42. The smallest absolute Gasteiger partial charge is 0.253 e. The Hall–Kier alpha value is -2.57. The summed E-state index contributed by atoms with van der Waals surface area (Å²) in [5.41, 5.74) is 8.25. The van der Waals surface area contributed by atoms with Crippen molar-refractivity contribution in [1.29, 1.82) is 0 Å². The third kappa shape index (κ3) is 3.34. The molecule has 1 fully saturated rings. The van der Waals surface area contributed by atoms with Crippen LogP contribution >= 0.6 is 22.9 Å². The monoisotopic (exact) mass is 413 g/mol. The zero-order valence-electron chi connectivity index (χ0n) is 15.1. The third-order valence-corrected chi connectivity index (χ3v) is 6.43. The number of piperidine rings is 1. The van der Waals surface area contributed by atoms with Crippen molar-refractivity contribution in [2.45, 2.75) is 18.3 Å². The summed E-state index contributed by atoms with van der Waals surface area (Å²) in [6.45, 7) is 1.18. The summed E-state index contributed by atoms with van der Waals surface area (Å²) in [4.78, 5) is 19.3. The van der Waals surface area contributed by atoms with Crippen molar-refractivity contribution in [3.05, 3.63) is 75.8 Å². The van der Waals surface area contributed by atoms with Gasteiger partial charge < -0.3 is 15.7 Å². The number of carbonyl (C=O) groups excluding carboxylic acids is 1. The molecule has 144 valence electrons. The highest BCUT2D eigenvalue weighted by atomic mass is 35.5. The fourth-order valence-electron chi connectivity index (χ4n) is 3.88. The summed E-state index contributed by atoms with van der Waals surface area (Å²) in [6.07, 6.45) is 1.51. The second-order valence-corrected chi connectivity index (χ2v) is 8.27. The minimum atomic E-state index is -0.256. The number of hydrogen-bond donors (Lipinski definition) is 2. The second-order valence-electron chi connectivity index (χ2n) is 6.98. The van der Waals surface area contributed by atoms with Gasteiger partial charge in [0.15, 0.2) is 5.13 Å². The molecular formula is C21H20ClN3O2S. The lowest BCUT2D eigenvalue weighted by atomic mass is 9.70. The summed E-state index contributed by atoms with van der Waals surface area (Å²) in [5, 5.41) is 12.6. The number of rotatable bonds is 3. The van der Waals surface area contributed by atoms with Crippen molar-refractivity contribution in [3.63, 3.8) is 0 Å². The lowest BCUT2D eigenvalue weighted by molar-refractivity contribution is 0.0683. The van der Waals surface area contributed by atoms with Crippen molar-refractivity contribution in [2.24, 2.45) is 0 Å². The van der Waals surface area contributed by atoms with Crippen molar-refractivity contribution in [2.75, 3.05) is 18.8 Å². The fraction of sp³-hybridized carbons (Fsp3) is 0.238. The van der Waals surface area contributed by atoms with E-state index in [2.05, 4.69) is 17.1 Å². The largest absolute Gasteiger partial charge is 0.506 e. The standard InChI is InChI=1S/C21H20ClN3O2S/c22-16-7-6-14(12-17(16)26)19(27)25-10-8-21(9-11-25,15-4-2-1-3-5-15)18-13-28-20(23)24-18/h1-7,12-13,26H,8-11H2,(H2,23,24). The van der Waals surface area contributed by atoms with Crippen molar-refractivity contribution in [3.8, 4) is 5.75 Å². The van der Waals surface area contributed by atoms with E-state index in [4.69, 9.17) is 17.3 Å². The number of likely N-dealkylation sites (tertiary alicyclic amines) is 1. The molecule has 3 aromatic rings. The number of nitrogens with two attached hydrogens (primary N) is 1. The first-order valence-electron chi connectivity index (χ1n) is 9.04. The van der Waals surface area contributed by atoms with Gasteiger partial charge in [-0.15, -0.1) is 11.3 Å². The average Bonchev–Trinajstić information content (AvgIpc) is 3.17. The Kier molecular flexibility index (Phi) is 5.00. The first-order chi connectivity index (χ1) is 13.5. The predicted octanol–water partition coefficient (Wildman–Crippen LogP) is 4.31. The number of phenolic OH excluding ortho intramolecular Hbond substituents is 1. The maximum Gasteiger partial charge on any atom is 0.253 e. The van der Waals surface area contributed by atoms with E-state index in [0.29, 0.717) is 23.8 Å². The normalized spacial score (nSPS) is 16.1. The van der Waals surface area contributed by atoms with Gasteiger partial charge in [0.2, 0.25) is 0 Å². The van der Waals surface area contributed by atoms with E-state index >= 15 is 0 Å². The summed E-state index contributed by atoms with van der Waals surface area (Å²) < 4.78 is 0. The molecule has 1 aliphatic rings. The number of halogens is 1. The maximum absolute atomic E-state index is 12.9. The number of anilines is 1. The molecule has 0 radical (unpaired) electrons. The van der Waals surface area contributed by atoms with Crippen LogP contribution in [-0.2, 0) is 5.41 Å². The van der Waals surface area contributed by atoms with Gasteiger partial charge in [0.1, 0.15) is 5.75 Å². The highest BCUT2D eigenvalue weighted by Gasteiger charge is 2.40. The SMILES string of the molecule is Nc1nc(C2(c3ccccc3)CCN(C(=O)c3ccc(Cl)c(O)c3)CC2)cs1. The second kappa shape index (κ2) is 7.45. The first-order valence-corrected chi connectivity index (χ1v) is 10.3. The molecule has 1 aliphatic heterocycles. The number of benzene rings is 2. The molecule has 0 aliphatic carbocycles. The van der Waals surface area contributed by atoms with Crippen LogP contribution in [-0.4, -0.2) is 34.0 Å². The number of nitrogen functional groups attached to an aromatic ring is 1. The van der Waals surface area contributed by atoms with Crippen molar-refractivity contribution >= 4 is 34.0 Å². The maximum atomic E-state index is 12.9. The number of hydrogen-bond acceptors (Lipinski definition) is 5. The lowest BCUT2D eigenvalue weighted by Gasteiger charge is -2.41. The van der Waals surface area contributed by atoms with Crippen LogP contribution in [0.1, 0.15) is 34.5 Å². The molecule has 0 atom stereocenters. The van der Waals surface area contributed by atoms with Crippen molar-refractivity contribution < 1.29 is 9.90 Å². The molecule has 3 N–H and O–H groups in total. The Balaban J connectivity index is 1.60. The van der Waals surface area contributed by atoms with Crippen LogP contribution in [0.3, 0.4) is 0 Å². The third-order valence-electron chi connectivity index (χ3n) is 5.44. The molecule has 1 saturated heterocycles. The minimum Gasteiger partial charge on any atom is -0.506 e. The lowest BCUT2D eigenvalue weighted by Crippen LogP contribution is -2.46. The van der Waals surface area contributed by atoms with Crippen LogP contribution < -0.4 is 5.73 Å². The molecule has 2 aromatic carbocycles. The summed E-state index contributed by atoms with van der Waals surface area (Å²) in [7, 11) is 0. The van der Waals surface area contributed by atoms with Gasteiger partial charge in [-0.05, 0) is 36.6 Å². The quantitative estimate of drug-likeness (QED) is 0.670. The first kappa shape index (κ1) is 18.8. The molecular weight excluding hydrogens is 394 g/mol. The molecule has 0 bridgehead atoms. The van der Waals surface area contributed by atoms with E-state index in [1.807, 2.05) is 28.5 Å². The molecule has 4 rings (SSSR count). The van der Waals surface area contributed by atoms with Gasteiger partial charge >= 0.3 is 0 Å². The van der Waals surface area contributed by atoms with E-state index in [1.165, 1.54) is 23.0 Å². The van der Waals surface area contributed by atoms with Gasteiger partial charge in [-0.3, -0.25) is 4.79 Å². The van der Waals surface area contributed by atoms with Gasteiger partial charge in [-0.1, -0.05) is 41.9 Å². The Labute approximate surface area is 172 Å². The minimum absolute atomic E-state index is 0.0823. The average molecular weight is 414 g/mol. The van der Waals surface area contributed by atoms with Crippen LogP contribution in [0.15, 0.2) is 53.9 Å². The van der Waals surface area contributed by atoms with Crippen LogP contribution in [0.4, 0.5) is 5.13 Å². The molecule has 1 aromatic heterocycles. The number of aromatic hydroxyl groups is 1. The Bertz CT molecular complexity index is 998. The summed E-state index contributed by atoms with van der Waals surface area (Å²) in [6, 6.07) is 14.9. The van der Waals surface area contributed by atoms with Gasteiger partial charge in [0.05, 0.1) is 10.7 Å². The number of nitrogens with zero attached hydrogens (tertiary/aromatic N) is 2. The molecule has 7 heteroatoms. The zero-order chi connectivity index (χ0) is 19.7. The predicted molar refractivity (Wildman–Crippen MR) is 112 cm³/mol. The van der Waals surface area contributed by atoms with E-state index in [-0.39, 0.29) is 22.1 Å². The Morgan fingerprint density at radius 2 is 1.89 bits per heavy atom. The molecule has 1 amide bonds. The number of thiazole rings is 1. The topological polar surface area (TPSA) is 79.5 Å². The van der Waals surface area contributed by atoms with Crippen LogP contribution in [0.25, 0.3) is 0 Å². The van der Waals surface area contributed by atoms with E-state index < -0.39 is 0 Å². The molecule has 2 heterocycles. The van der Waals surface area contributed by atoms with Gasteiger partial charge in [0, 0.05) is 29.4 Å². The molecule has 0 saturated carbocycles. The Morgan fingerprint density at radius 3 is 2.50 bits per heavy atom.